The number of likely N-dealkylation sites (N-methyl/N-ethyl adjacent to an activating group) is 1. The van der Waals surface area contributed by atoms with E-state index in [9.17, 15) is 14.6 Å². The van der Waals surface area contributed by atoms with Gasteiger partial charge in [-0.1, -0.05) is 11.6 Å². The van der Waals surface area contributed by atoms with E-state index in [1.165, 1.54) is 12.1 Å². The summed E-state index contributed by atoms with van der Waals surface area (Å²) in [5.41, 5.74) is 0.194. The van der Waals surface area contributed by atoms with Crippen molar-refractivity contribution in [3.8, 4) is 0 Å². The van der Waals surface area contributed by atoms with Crippen molar-refractivity contribution in [3.05, 3.63) is 34.6 Å². The Morgan fingerprint density at radius 3 is 2.73 bits per heavy atom. The van der Waals surface area contributed by atoms with Gasteiger partial charge in [0.15, 0.2) is 0 Å². The summed E-state index contributed by atoms with van der Waals surface area (Å²) >= 11 is 5.78. The lowest BCUT2D eigenvalue weighted by molar-refractivity contribution is 0.0201. The zero-order valence-electron chi connectivity index (χ0n) is 8.24. The zero-order valence-corrected chi connectivity index (χ0v) is 9.00. The van der Waals surface area contributed by atoms with Crippen molar-refractivity contribution in [1.29, 1.82) is 0 Å². The van der Waals surface area contributed by atoms with Crippen molar-refractivity contribution in [2.45, 2.75) is 12.2 Å². The van der Waals surface area contributed by atoms with Gasteiger partial charge >= 0.3 is 0 Å². The zero-order chi connectivity index (χ0) is 11.4. The largest absolute Gasteiger partial charge is 0.389 e. The summed E-state index contributed by atoms with van der Waals surface area (Å²) in [6.45, 7) is 0.202. The van der Waals surface area contributed by atoms with Crippen molar-refractivity contribution < 1.29 is 14.6 Å². The van der Waals surface area contributed by atoms with Crippen molar-refractivity contribution in [2.75, 3.05) is 13.6 Å². The van der Waals surface area contributed by atoms with E-state index in [0.29, 0.717) is 0 Å². The molecule has 15 heavy (non-hydrogen) atoms. The van der Waals surface area contributed by atoms with Gasteiger partial charge in [0.05, 0.1) is 6.10 Å². The van der Waals surface area contributed by atoms with E-state index < -0.39 is 18.0 Å². The summed E-state index contributed by atoms with van der Waals surface area (Å²) in [5.74, 6) is -0.495. The fraction of sp³-hybridized carbons (Fsp3) is 0.400. The third-order valence-corrected chi connectivity index (χ3v) is 2.40. The molecule has 0 radical (unpaired) electrons. The molecule has 1 rings (SSSR count). The second-order valence-corrected chi connectivity index (χ2v) is 3.64. The molecule has 1 aromatic rings. The molecule has 0 aliphatic carbocycles. The van der Waals surface area contributed by atoms with E-state index in [4.69, 9.17) is 11.6 Å². The molecule has 0 aliphatic rings. The number of aliphatic hydroxyl groups excluding tert-OH is 2. The third kappa shape index (κ3) is 3.14. The quantitative estimate of drug-likeness (QED) is 0.730. The van der Waals surface area contributed by atoms with Gasteiger partial charge in [-0.3, -0.25) is 0 Å². The Morgan fingerprint density at radius 2 is 2.13 bits per heavy atom. The van der Waals surface area contributed by atoms with Crippen molar-refractivity contribution >= 4 is 11.6 Å². The molecule has 0 aliphatic heterocycles. The first-order valence-corrected chi connectivity index (χ1v) is 4.89. The van der Waals surface area contributed by atoms with Gasteiger partial charge < -0.3 is 15.5 Å². The Balaban J connectivity index is 2.89. The van der Waals surface area contributed by atoms with Crippen LogP contribution in [0.3, 0.4) is 0 Å². The SMILES string of the molecule is CNCC(O)C(O)c1cc(F)ccc1Cl. The number of hydrogen-bond acceptors (Lipinski definition) is 3. The molecule has 0 heterocycles. The lowest BCUT2D eigenvalue weighted by atomic mass is 10.0. The summed E-state index contributed by atoms with van der Waals surface area (Å²) in [6, 6.07) is 3.66. The average molecular weight is 234 g/mol. The summed E-state index contributed by atoms with van der Waals surface area (Å²) in [6.07, 6.45) is -2.21. The molecule has 3 N–H and O–H groups in total. The first-order chi connectivity index (χ1) is 7.06. The van der Waals surface area contributed by atoms with E-state index in [1.54, 1.807) is 7.05 Å². The number of aliphatic hydroxyl groups is 2. The second-order valence-electron chi connectivity index (χ2n) is 3.24. The first kappa shape index (κ1) is 12.4. The predicted molar refractivity (Wildman–Crippen MR) is 56.3 cm³/mol. The highest BCUT2D eigenvalue weighted by molar-refractivity contribution is 6.31. The van der Waals surface area contributed by atoms with Crippen molar-refractivity contribution in [3.63, 3.8) is 0 Å². The molecule has 5 heteroatoms. The molecule has 3 nitrogen and oxygen atoms in total. The van der Waals surface area contributed by atoms with Gasteiger partial charge in [0.2, 0.25) is 0 Å². The minimum atomic E-state index is -1.19. The van der Waals surface area contributed by atoms with E-state index in [-0.39, 0.29) is 17.1 Å². The molecule has 84 valence electrons. The molecule has 1 aromatic carbocycles. The summed E-state index contributed by atoms with van der Waals surface area (Å²) in [4.78, 5) is 0. The smallest absolute Gasteiger partial charge is 0.123 e. The number of hydrogen-bond donors (Lipinski definition) is 3. The third-order valence-electron chi connectivity index (χ3n) is 2.05. The first-order valence-electron chi connectivity index (χ1n) is 4.52. The van der Waals surface area contributed by atoms with Crippen LogP contribution in [0, 0.1) is 5.82 Å². The number of nitrogens with one attached hydrogen (secondary N) is 1. The summed E-state index contributed by atoms with van der Waals surface area (Å²) in [5, 5.41) is 22.1. The monoisotopic (exact) mass is 233 g/mol. The van der Waals surface area contributed by atoms with E-state index in [2.05, 4.69) is 5.32 Å². The van der Waals surface area contributed by atoms with E-state index >= 15 is 0 Å². The molecule has 0 saturated heterocycles. The summed E-state index contributed by atoms with van der Waals surface area (Å²) in [7, 11) is 1.64. The molecular weight excluding hydrogens is 221 g/mol. The van der Waals surface area contributed by atoms with Gasteiger partial charge in [-0.25, -0.2) is 4.39 Å². The molecule has 0 saturated carbocycles. The maximum absolute atomic E-state index is 12.9. The predicted octanol–water partition coefficient (Wildman–Crippen LogP) is 1.09. The Labute approximate surface area is 92.5 Å². The number of halogens is 2. The number of benzene rings is 1. The Bertz CT molecular complexity index is 335. The van der Waals surface area contributed by atoms with Gasteiger partial charge in [0.25, 0.3) is 0 Å². The Hall–Kier alpha value is -0.680. The topological polar surface area (TPSA) is 52.5 Å². The van der Waals surface area contributed by atoms with Crippen LogP contribution in [0.2, 0.25) is 5.02 Å². The molecule has 0 spiro atoms. The molecule has 0 fully saturated rings. The molecule has 0 amide bonds. The van der Waals surface area contributed by atoms with Crippen molar-refractivity contribution in [1.82, 2.24) is 5.32 Å². The lowest BCUT2D eigenvalue weighted by Gasteiger charge is -2.18. The van der Waals surface area contributed by atoms with Crippen LogP contribution in [0.15, 0.2) is 18.2 Å². The maximum Gasteiger partial charge on any atom is 0.123 e. The van der Waals surface area contributed by atoms with Crippen LogP contribution in [-0.2, 0) is 0 Å². The molecule has 2 atom stereocenters. The molecule has 0 aromatic heterocycles. The van der Waals surface area contributed by atoms with Crippen LogP contribution in [0.25, 0.3) is 0 Å². The standard InChI is InChI=1S/C10H13ClFNO2/c1-13-5-9(14)10(15)7-4-6(12)2-3-8(7)11/h2-4,9-10,13-15H,5H2,1H3. The average Bonchev–Trinajstić information content (AvgIpc) is 2.21. The summed E-state index contributed by atoms with van der Waals surface area (Å²) < 4.78 is 12.9. The second kappa shape index (κ2) is 5.42. The van der Waals surface area contributed by atoms with Crippen LogP contribution in [0.4, 0.5) is 4.39 Å². The van der Waals surface area contributed by atoms with Crippen LogP contribution in [0.1, 0.15) is 11.7 Å². The van der Waals surface area contributed by atoms with E-state index in [0.717, 1.165) is 6.07 Å². The minimum Gasteiger partial charge on any atom is -0.389 e. The molecular formula is C10H13ClFNO2. The van der Waals surface area contributed by atoms with Crippen LogP contribution in [0.5, 0.6) is 0 Å². The fourth-order valence-corrected chi connectivity index (χ4v) is 1.50. The molecule has 2 unspecified atom stereocenters. The highest BCUT2D eigenvalue weighted by Gasteiger charge is 2.20. The van der Waals surface area contributed by atoms with Gasteiger partial charge in [-0.15, -0.1) is 0 Å². The Kier molecular flexibility index (Phi) is 4.47. The normalized spacial score (nSPS) is 15.0. The van der Waals surface area contributed by atoms with Crippen molar-refractivity contribution in [2.24, 2.45) is 0 Å². The maximum atomic E-state index is 12.9. The fourth-order valence-electron chi connectivity index (χ4n) is 1.27. The van der Waals surface area contributed by atoms with Crippen LogP contribution < -0.4 is 5.32 Å². The minimum absolute atomic E-state index is 0.194. The highest BCUT2D eigenvalue weighted by atomic mass is 35.5. The van der Waals surface area contributed by atoms with Crippen LogP contribution >= 0.6 is 11.6 Å². The van der Waals surface area contributed by atoms with E-state index in [1.807, 2.05) is 0 Å². The molecule has 0 bridgehead atoms. The highest BCUT2D eigenvalue weighted by Crippen LogP contribution is 2.25. The van der Waals surface area contributed by atoms with Gasteiger partial charge in [0, 0.05) is 17.1 Å². The van der Waals surface area contributed by atoms with Gasteiger partial charge in [-0.05, 0) is 25.2 Å². The van der Waals surface area contributed by atoms with Gasteiger partial charge in [-0.2, -0.15) is 0 Å². The lowest BCUT2D eigenvalue weighted by Crippen LogP contribution is -2.29. The van der Waals surface area contributed by atoms with Gasteiger partial charge in [0.1, 0.15) is 11.9 Å². The number of rotatable bonds is 4. The Morgan fingerprint density at radius 1 is 1.47 bits per heavy atom. The van der Waals surface area contributed by atoms with Crippen LogP contribution in [-0.4, -0.2) is 29.9 Å².